The monoisotopic (exact) mass is 665 g/mol. The van der Waals surface area contributed by atoms with Crippen molar-refractivity contribution in [3.8, 4) is 0 Å². The van der Waals surface area contributed by atoms with Crippen molar-refractivity contribution >= 4 is 13.8 Å². The van der Waals surface area contributed by atoms with E-state index in [1.54, 1.807) is 0 Å². The van der Waals surface area contributed by atoms with Crippen molar-refractivity contribution < 1.29 is 37.3 Å². The largest absolute Gasteiger partial charge is 0.756 e. The normalized spacial score (nSPS) is 15.0. The van der Waals surface area contributed by atoms with Crippen LogP contribution in [0.25, 0.3) is 0 Å². The number of phosphoric ester groups is 1. The highest BCUT2D eigenvalue weighted by Crippen LogP contribution is 2.38. The molecule has 0 amide bonds. The summed E-state index contributed by atoms with van der Waals surface area (Å²) in [6, 6.07) is 0. The summed E-state index contributed by atoms with van der Waals surface area (Å²) >= 11 is 0. The molecule has 8 nitrogen and oxygen atoms in total. The zero-order valence-corrected chi connectivity index (χ0v) is 30.4. The second-order valence-electron chi connectivity index (χ2n) is 12.1. The summed E-state index contributed by atoms with van der Waals surface area (Å²) in [5.74, 6) is -0.387. The van der Waals surface area contributed by atoms with Crippen LogP contribution < -0.4 is 4.89 Å². The van der Waals surface area contributed by atoms with E-state index < -0.39 is 13.9 Å². The van der Waals surface area contributed by atoms with Gasteiger partial charge in [0.2, 0.25) is 0 Å². The number of hydrogen-bond acceptors (Lipinski definition) is 7. The number of ether oxygens (including phenoxy) is 2. The molecule has 0 saturated carbocycles. The van der Waals surface area contributed by atoms with Gasteiger partial charge in [-0.1, -0.05) is 99.6 Å². The third-order valence-electron chi connectivity index (χ3n) is 6.52. The van der Waals surface area contributed by atoms with Gasteiger partial charge in [-0.25, -0.2) is 0 Å². The Hall–Kier alpha value is -2.06. The van der Waals surface area contributed by atoms with Crippen LogP contribution in [-0.4, -0.2) is 70.7 Å². The number of likely N-dealkylation sites (N-methyl/N-ethyl adjacent to an activating group) is 1. The maximum atomic E-state index is 12.1. The molecule has 0 radical (unpaired) electrons. The van der Waals surface area contributed by atoms with Gasteiger partial charge < -0.3 is 27.9 Å². The Bertz CT molecular complexity index is 963. The molecule has 46 heavy (non-hydrogen) atoms. The zero-order valence-electron chi connectivity index (χ0n) is 29.5. The molecule has 0 spiro atoms. The van der Waals surface area contributed by atoms with Gasteiger partial charge in [-0.2, -0.15) is 0 Å². The minimum Gasteiger partial charge on any atom is -0.756 e. The fourth-order valence-electron chi connectivity index (χ4n) is 3.82. The molecule has 0 aromatic heterocycles. The Kier molecular flexibility index (Phi) is 28.9. The van der Waals surface area contributed by atoms with Crippen molar-refractivity contribution in [3.05, 3.63) is 72.9 Å². The molecule has 0 aliphatic heterocycles. The molecule has 0 rings (SSSR count). The van der Waals surface area contributed by atoms with Gasteiger partial charge in [0.1, 0.15) is 19.3 Å². The Balaban J connectivity index is 4.07. The smallest absolute Gasteiger partial charge is 0.306 e. The number of quaternary nitrogens is 1. The van der Waals surface area contributed by atoms with Gasteiger partial charge in [-0.15, -0.1) is 0 Å². The first kappa shape index (κ1) is 43.9. The fraction of sp³-hybridized carbons (Fsp3) is 0.649. The second-order valence-corrected chi connectivity index (χ2v) is 13.6. The van der Waals surface area contributed by atoms with E-state index >= 15 is 0 Å². The van der Waals surface area contributed by atoms with E-state index in [4.69, 9.17) is 18.5 Å². The molecule has 0 fully saturated rings. The van der Waals surface area contributed by atoms with Gasteiger partial charge in [0.05, 0.1) is 34.4 Å². The van der Waals surface area contributed by atoms with Gasteiger partial charge in [0.25, 0.3) is 7.82 Å². The van der Waals surface area contributed by atoms with E-state index in [0.29, 0.717) is 24.1 Å². The molecule has 0 aromatic carbocycles. The minimum atomic E-state index is -4.51. The lowest BCUT2D eigenvalue weighted by Gasteiger charge is -2.28. The Morgan fingerprint density at radius 1 is 0.696 bits per heavy atom. The Morgan fingerprint density at radius 2 is 1.24 bits per heavy atom. The van der Waals surface area contributed by atoms with Crippen LogP contribution in [0.2, 0.25) is 0 Å². The Morgan fingerprint density at radius 3 is 1.76 bits per heavy atom. The molecular weight excluding hydrogens is 601 g/mol. The SMILES string of the molecule is CC/C=C\C/C=C\C/C=C\C/C=C\C/C=C\C/C=C\CCCCCOCC(COP(=O)([O-])OCC[N+](C)(C)C)OC(=O)CCCC. The maximum Gasteiger partial charge on any atom is 0.306 e. The van der Waals surface area contributed by atoms with E-state index in [2.05, 4.69) is 79.8 Å². The first-order valence-corrected chi connectivity index (χ1v) is 18.6. The molecule has 2 atom stereocenters. The highest BCUT2D eigenvalue weighted by Gasteiger charge is 2.20. The third-order valence-corrected chi connectivity index (χ3v) is 7.49. The average Bonchev–Trinajstić information content (AvgIpc) is 3.00. The summed E-state index contributed by atoms with van der Waals surface area (Å²) in [5, 5.41) is 0. The second kappa shape index (κ2) is 30.3. The first-order valence-electron chi connectivity index (χ1n) is 17.2. The van der Waals surface area contributed by atoms with Crippen LogP contribution in [0.5, 0.6) is 0 Å². The molecule has 0 aliphatic carbocycles. The summed E-state index contributed by atoms with van der Waals surface area (Å²) in [7, 11) is 1.31. The molecule has 0 bridgehead atoms. The molecule has 9 heteroatoms. The fourth-order valence-corrected chi connectivity index (χ4v) is 4.55. The third kappa shape index (κ3) is 33.3. The summed E-state index contributed by atoms with van der Waals surface area (Å²) in [6.45, 7) is 4.91. The number of unbranched alkanes of at least 4 members (excludes halogenated alkanes) is 4. The average molecular weight is 666 g/mol. The maximum absolute atomic E-state index is 12.1. The van der Waals surface area contributed by atoms with E-state index in [0.717, 1.165) is 70.6 Å². The zero-order chi connectivity index (χ0) is 34.2. The topological polar surface area (TPSA) is 94.1 Å². The molecule has 264 valence electrons. The summed E-state index contributed by atoms with van der Waals surface area (Å²) in [4.78, 5) is 24.3. The van der Waals surface area contributed by atoms with Crippen molar-refractivity contribution in [3.63, 3.8) is 0 Å². The number of carbonyl (C=O) groups is 1. The van der Waals surface area contributed by atoms with Crippen LogP contribution in [0.1, 0.15) is 97.3 Å². The Labute approximate surface area is 281 Å². The number of esters is 1. The van der Waals surface area contributed by atoms with Crippen LogP contribution >= 0.6 is 7.82 Å². The predicted molar refractivity (Wildman–Crippen MR) is 189 cm³/mol. The predicted octanol–water partition coefficient (Wildman–Crippen LogP) is 8.57. The summed E-state index contributed by atoms with van der Waals surface area (Å²) in [6.07, 6.45) is 37.4. The standard InChI is InChI=1S/C37H64NO7P/c1-6-8-10-11-12-13-14-15-16-17-18-19-20-21-22-23-24-25-26-27-28-29-32-42-34-36(45-37(39)30-9-7-2)35-44-46(40,41)43-33-31-38(3,4)5/h8,10,12-13,15-16,18-19,21-22,24-25,36H,6-7,9,11,14,17,20,23,26-35H2,1-5H3/b10-8-,13-12-,16-15-,19-18-,22-21-,25-24-. The van der Waals surface area contributed by atoms with Crippen LogP contribution in [-0.2, 0) is 27.9 Å². The number of rotatable bonds is 30. The van der Waals surface area contributed by atoms with Crippen molar-refractivity contribution in [1.29, 1.82) is 0 Å². The molecule has 0 saturated heterocycles. The number of phosphoric acid groups is 1. The lowest BCUT2D eigenvalue weighted by Crippen LogP contribution is -2.37. The summed E-state index contributed by atoms with van der Waals surface area (Å²) < 4.78 is 33.8. The first-order chi connectivity index (χ1) is 22.1. The molecule has 0 heterocycles. The highest BCUT2D eigenvalue weighted by molar-refractivity contribution is 7.45. The van der Waals surface area contributed by atoms with Crippen LogP contribution in [0.15, 0.2) is 72.9 Å². The van der Waals surface area contributed by atoms with Crippen LogP contribution in [0, 0.1) is 0 Å². The van der Waals surface area contributed by atoms with Crippen LogP contribution in [0.4, 0.5) is 0 Å². The van der Waals surface area contributed by atoms with E-state index in [-0.39, 0.29) is 32.2 Å². The van der Waals surface area contributed by atoms with E-state index in [1.165, 1.54) is 0 Å². The molecule has 0 N–H and O–H groups in total. The lowest BCUT2D eigenvalue weighted by molar-refractivity contribution is -0.870. The molecule has 2 unspecified atom stereocenters. The van der Waals surface area contributed by atoms with Gasteiger partial charge in [0, 0.05) is 13.0 Å². The molecule has 0 aliphatic rings. The van der Waals surface area contributed by atoms with Crippen molar-refractivity contribution in [1.82, 2.24) is 0 Å². The lowest BCUT2D eigenvalue weighted by atomic mass is 10.2. The summed E-state index contributed by atoms with van der Waals surface area (Å²) in [5.41, 5.74) is 0. The number of carbonyl (C=O) groups excluding carboxylic acids is 1. The van der Waals surface area contributed by atoms with Crippen molar-refractivity contribution in [2.24, 2.45) is 0 Å². The van der Waals surface area contributed by atoms with Gasteiger partial charge in [-0.05, 0) is 64.2 Å². The quantitative estimate of drug-likeness (QED) is 0.0249. The highest BCUT2D eigenvalue weighted by atomic mass is 31.2. The molecule has 0 aromatic rings. The van der Waals surface area contributed by atoms with Crippen molar-refractivity contribution in [2.45, 2.75) is 103 Å². The number of allylic oxidation sites excluding steroid dienone is 12. The van der Waals surface area contributed by atoms with E-state index in [1.807, 2.05) is 28.1 Å². The van der Waals surface area contributed by atoms with Gasteiger partial charge in [0.15, 0.2) is 0 Å². The van der Waals surface area contributed by atoms with Gasteiger partial charge >= 0.3 is 5.97 Å². The molecular formula is C37H64NO7P. The van der Waals surface area contributed by atoms with E-state index in [9.17, 15) is 14.3 Å². The van der Waals surface area contributed by atoms with Crippen molar-refractivity contribution in [2.75, 3.05) is 54.1 Å². The minimum absolute atomic E-state index is 0.0142. The van der Waals surface area contributed by atoms with Gasteiger partial charge in [-0.3, -0.25) is 9.36 Å². The number of nitrogens with zero attached hydrogens (tertiary/aromatic N) is 1. The van der Waals surface area contributed by atoms with Crippen LogP contribution in [0.3, 0.4) is 0 Å². The number of hydrogen-bond donors (Lipinski definition) is 0.